The maximum atomic E-state index is 12.2. The Hall–Kier alpha value is -2.08. The van der Waals surface area contributed by atoms with Gasteiger partial charge in [0.1, 0.15) is 0 Å². The molecule has 1 fully saturated rings. The maximum absolute atomic E-state index is 12.2. The quantitative estimate of drug-likeness (QED) is 0.668. The number of primary amides is 1. The summed E-state index contributed by atoms with van der Waals surface area (Å²) in [5.41, 5.74) is 11.9. The molecule has 2 rings (SSSR count). The van der Waals surface area contributed by atoms with Gasteiger partial charge in [0.05, 0.1) is 0 Å². The van der Waals surface area contributed by atoms with Crippen LogP contribution in [0.4, 0.5) is 16.2 Å². The lowest BCUT2D eigenvalue weighted by atomic mass is 9.95. The second-order valence-electron chi connectivity index (χ2n) is 5.09. The summed E-state index contributed by atoms with van der Waals surface area (Å²) in [4.78, 5) is 23.0. The Morgan fingerprint density at radius 3 is 2.55 bits per heavy atom. The fraction of sp³-hybridized carbons (Fsp3) is 0.429. The molecule has 20 heavy (non-hydrogen) atoms. The Labute approximate surface area is 117 Å². The molecule has 108 valence electrons. The molecule has 6 nitrogen and oxygen atoms in total. The van der Waals surface area contributed by atoms with Crippen LogP contribution in [0.25, 0.3) is 0 Å². The standard InChI is InChI=1S/C14H20N4O2/c15-8-9-3-1-6-12(9)13(19)17-10-4-2-5-11(7-10)18-14(16)20/h2,4-5,7,9,12H,1,3,6,8,15H2,(H,17,19)(H3,16,18,20). The summed E-state index contributed by atoms with van der Waals surface area (Å²) >= 11 is 0. The third-order valence-corrected chi connectivity index (χ3v) is 3.70. The summed E-state index contributed by atoms with van der Waals surface area (Å²) in [6, 6.07) is 6.27. The second kappa shape index (κ2) is 6.38. The molecule has 2 atom stereocenters. The molecule has 0 bridgehead atoms. The van der Waals surface area contributed by atoms with E-state index in [1.165, 1.54) is 0 Å². The molecule has 0 radical (unpaired) electrons. The minimum absolute atomic E-state index is 0.00539. The van der Waals surface area contributed by atoms with Crippen molar-refractivity contribution < 1.29 is 9.59 Å². The molecule has 2 unspecified atom stereocenters. The number of carbonyl (C=O) groups is 2. The van der Waals surface area contributed by atoms with Crippen molar-refractivity contribution in [2.75, 3.05) is 17.2 Å². The summed E-state index contributed by atoms with van der Waals surface area (Å²) in [7, 11) is 0. The molecule has 0 aromatic heterocycles. The monoisotopic (exact) mass is 276 g/mol. The highest BCUT2D eigenvalue weighted by Gasteiger charge is 2.31. The van der Waals surface area contributed by atoms with E-state index in [0.29, 0.717) is 17.9 Å². The number of nitrogens with one attached hydrogen (secondary N) is 2. The van der Waals surface area contributed by atoms with E-state index in [2.05, 4.69) is 10.6 Å². The van der Waals surface area contributed by atoms with Crippen molar-refractivity contribution in [3.05, 3.63) is 24.3 Å². The molecule has 1 aromatic carbocycles. The minimum Gasteiger partial charge on any atom is -0.351 e. The Bertz CT molecular complexity index is 504. The minimum atomic E-state index is -0.632. The first-order valence-electron chi connectivity index (χ1n) is 6.77. The molecule has 6 N–H and O–H groups in total. The number of amides is 3. The van der Waals surface area contributed by atoms with E-state index < -0.39 is 6.03 Å². The zero-order valence-electron chi connectivity index (χ0n) is 11.3. The predicted molar refractivity (Wildman–Crippen MR) is 78.2 cm³/mol. The lowest BCUT2D eigenvalue weighted by Gasteiger charge is -2.17. The lowest BCUT2D eigenvalue weighted by Crippen LogP contribution is -2.29. The Balaban J connectivity index is 2.02. The highest BCUT2D eigenvalue weighted by Crippen LogP contribution is 2.32. The first kappa shape index (κ1) is 14.3. The molecule has 0 aliphatic heterocycles. The number of benzene rings is 1. The van der Waals surface area contributed by atoms with Crippen LogP contribution in [0, 0.1) is 11.8 Å². The van der Waals surface area contributed by atoms with Gasteiger partial charge in [-0.25, -0.2) is 4.79 Å². The predicted octanol–water partition coefficient (Wildman–Crippen LogP) is 1.49. The normalized spacial score (nSPS) is 21.4. The molecule has 0 saturated heterocycles. The molecule has 1 saturated carbocycles. The molecule has 3 amide bonds. The van der Waals surface area contributed by atoms with Crippen LogP contribution in [0.1, 0.15) is 19.3 Å². The van der Waals surface area contributed by atoms with Gasteiger partial charge >= 0.3 is 6.03 Å². The van der Waals surface area contributed by atoms with Crippen LogP contribution >= 0.6 is 0 Å². The smallest absolute Gasteiger partial charge is 0.316 e. The van der Waals surface area contributed by atoms with Gasteiger partial charge in [0.2, 0.25) is 5.91 Å². The average molecular weight is 276 g/mol. The fourth-order valence-corrected chi connectivity index (χ4v) is 2.72. The number of anilines is 2. The summed E-state index contributed by atoms with van der Waals surface area (Å²) in [6.45, 7) is 0.543. The molecular formula is C14H20N4O2. The van der Waals surface area contributed by atoms with Crippen molar-refractivity contribution in [1.82, 2.24) is 0 Å². The summed E-state index contributed by atoms with van der Waals surface area (Å²) in [5, 5.41) is 5.35. The van der Waals surface area contributed by atoms with Gasteiger partial charge in [0.15, 0.2) is 0 Å². The SMILES string of the molecule is NCC1CCCC1C(=O)Nc1cccc(NC(N)=O)c1. The zero-order chi connectivity index (χ0) is 14.5. The Morgan fingerprint density at radius 1 is 1.20 bits per heavy atom. The van der Waals surface area contributed by atoms with Gasteiger partial charge < -0.3 is 22.1 Å². The van der Waals surface area contributed by atoms with Crippen LogP contribution in [0.3, 0.4) is 0 Å². The summed E-state index contributed by atoms with van der Waals surface area (Å²) < 4.78 is 0. The largest absolute Gasteiger partial charge is 0.351 e. The highest BCUT2D eigenvalue weighted by molar-refractivity contribution is 5.94. The first-order chi connectivity index (χ1) is 9.60. The number of carbonyl (C=O) groups excluding carboxylic acids is 2. The topological polar surface area (TPSA) is 110 Å². The number of urea groups is 1. The van der Waals surface area contributed by atoms with Crippen molar-refractivity contribution in [2.24, 2.45) is 23.3 Å². The van der Waals surface area contributed by atoms with E-state index in [1.807, 2.05) is 0 Å². The highest BCUT2D eigenvalue weighted by atomic mass is 16.2. The third-order valence-electron chi connectivity index (χ3n) is 3.70. The van der Waals surface area contributed by atoms with Gasteiger partial charge in [-0.05, 0) is 43.5 Å². The van der Waals surface area contributed by atoms with Gasteiger partial charge in [0.25, 0.3) is 0 Å². The van der Waals surface area contributed by atoms with Crippen molar-refractivity contribution in [3.8, 4) is 0 Å². The second-order valence-corrected chi connectivity index (χ2v) is 5.09. The van der Waals surface area contributed by atoms with E-state index in [1.54, 1.807) is 24.3 Å². The molecule has 1 aromatic rings. The van der Waals surface area contributed by atoms with Crippen LogP contribution in [0.2, 0.25) is 0 Å². The maximum Gasteiger partial charge on any atom is 0.316 e. The van der Waals surface area contributed by atoms with Crippen LogP contribution in [0.15, 0.2) is 24.3 Å². The summed E-state index contributed by atoms with van der Waals surface area (Å²) in [5.74, 6) is 0.240. The molecule has 6 heteroatoms. The number of hydrogen-bond donors (Lipinski definition) is 4. The van der Waals surface area contributed by atoms with Crippen molar-refractivity contribution in [2.45, 2.75) is 19.3 Å². The van der Waals surface area contributed by atoms with Crippen LogP contribution in [0.5, 0.6) is 0 Å². The molecule has 1 aliphatic carbocycles. The van der Waals surface area contributed by atoms with Gasteiger partial charge in [-0.3, -0.25) is 4.79 Å². The summed E-state index contributed by atoms with van der Waals surface area (Å²) in [6.07, 6.45) is 2.94. The number of hydrogen-bond acceptors (Lipinski definition) is 3. The van der Waals surface area contributed by atoms with E-state index >= 15 is 0 Å². The Kier molecular flexibility index (Phi) is 4.57. The van der Waals surface area contributed by atoms with Gasteiger partial charge in [0, 0.05) is 17.3 Å². The van der Waals surface area contributed by atoms with Gasteiger partial charge in [-0.2, -0.15) is 0 Å². The number of nitrogens with two attached hydrogens (primary N) is 2. The molecule has 0 spiro atoms. The average Bonchev–Trinajstić information content (AvgIpc) is 2.86. The van der Waals surface area contributed by atoms with Crippen molar-refractivity contribution >= 4 is 23.3 Å². The first-order valence-corrected chi connectivity index (χ1v) is 6.77. The van der Waals surface area contributed by atoms with Gasteiger partial charge in [-0.15, -0.1) is 0 Å². The van der Waals surface area contributed by atoms with E-state index in [-0.39, 0.29) is 17.7 Å². The van der Waals surface area contributed by atoms with Crippen LogP contribution < -0.4 is 22.1 Å². The number of rotatable bonds is 4. The van der Waals surface area contributed by atoms with Crippen molar-refractivity contribution in [1.29, 1.82) is 0 Å². The van der Waals surface area contributed by atoms with E-state index in [0.717, 1.165) is 19.3 Å². The third kappa shape index (κ3) is 3.48. The van der Waals surface area contributed by atoms with Crippen LogP contribution in [-0.4, -0.2) is 18.5 Å². The lowest BCUT2D eigenvalue weighted by molar-refractivity contribution is -0.120. The van der Waals surface area contributed by atoms with Gasteiger partial charge in [-0.1, -0.05) is 12.5 Å². The molecule has 0 heterocycles. The molecular weight excluding hydrogens is 256 g/mol. The van der Waals surface area contributed by atoms with E-state index in [4.69, 9.17) is 11.5 Å². The van der Waals surface area contributed by atoms with Crippen LogP contribution in [-0.2, 0) is 4.79 Å². The fourth-order valence-electron chi connectivity index (χ4n) is 2.72. The molecule has 1 aliphatic rings. The van der Waals surface area contributed by atoms with E-state index in [9.17, 15) is 9.59 Å². The van der Waals surface area contributed by atoms with Crippen molar-refractivity contribution in [3.63, 3.8) is 0 Å². The Morgan fingerprint density at radius 2 is 1.90 bits per heavy atom. The zero-order valence-corrected chi connectivity index (χ0v) is 11.3.